The molecule has 0 amide bonds. The molecule has 0 N–H and O–H groups in total. The monoisotopic (exact) mass is 83.0 g/mol. The molecule has 0 spiro atoms. The predicted octanol–water partition coefficient (Wildman–Crippen LogP) is 0.252. The van der Waals surface area contributed by atoms with E-state index in [0.29, 0.717) is 5.82 Å². The van der Waals surface area contributed by atoms with E-state index in [-0.39, 0.29) is 0 Å². The molecule has 3 heteroatoms. The predicted molar refractivity (Wildman–Crippen MR) is 18.8 cm³/mol. The maximum atomic E-state index is 4.29. The second-order valence-electron chi connectivity index (χ2n) is 0.847. The Morgan fingerprint density at radius 1 is 1.83 bits per heavy atom. The van der Waals surface area contributed by atoms with Gasteiger partial charge in [-0.1, -0.05) is 5.16 Å². The first-order valence-electron chi connectivity index (χ1n) is 1.48. The first kappa shape index (κ1) is 3.33. The second kappa shape index (κ2) is 1.08. The number of hydrogen-bond acceptors (Lipinski definition) is 3. The summed E-state index contributed by atoms with van der Waals surface area (Å²) in [7, 11) is 0. The summed E-state index contributed by atoms with van der Waals surface area (Å²) in [5, 5.41) is 3.32. The minimum Gasteiger partial charge on any atom is -0.343 e. The summed E-state index contributed by atoms with van der Waals surface area (Å²) >= 11 is 0. The van der Waals surface area contributed by atoms with Crippen LogP contribution in [0.25, 0.3) is 0 Å². The third-order valence-corrected chi connectivity index (χ3v) is 0.407. The Morgan fingerprint density at radius 3 is 2.83 bits per heavy atom. The Labute approximate surface area is 35.0 Å². The van der Waals surface area contributed by atoms with Gasteiger partial charge in [-0.3, -0.25) is 0 Å². The van der Waals surface area contributed by atoms with Crippen LogP contribution in [-0.2, 0) is 0 Å². The average molecular weight is 83.1 g/mol. The summed E-state index contributed by atoms with van der Waals surface area (Å²) in [4.78, 5) is 3.53. The zero-order chi connectivity index (χ0) is 4.41. The van der Waals surface area contributed by atoms with Gasteiger partial charge in [0, 0.05) is 6.92 Å². The van der Waals surface area contributed by atoms with Crippen LogP contribution in [0.1, 0.15) is 5.82 Å². The van der Waals surface area contributed by atoms with Crippen molar-refractivity contribution in [3.05, 3.63) is 19.1 Å². The zero-order valence-corrected chi connectivity index (χ0v) is 3.09. The Kier molecular flexibility index (Phi) is 0.602. The van der Waals surface area contributed by atoms with Crippen molar-refractivity contribution >= 4 is 0 Å². The van der Waals surface area contributed by atoms with Crippen molar-refractivity contribution in [3.8, 4) is 0 Å². The molecule has 6 heavy (non-hydrogen) atoms. The number of nitrogens with zero attached hydrogens (tertiary/aromatic N) is 2. The lowest BCUT2D eigenvalue weighted by molar-refractivity contribution is 0.414. The van der Waals surface area contributed by atoms with Crippen molar-refractivity contribution in [1.82, 2.24) is 10.1 Å². The second-order valence-corrected chi connectivity index (χ2v) is 0.847. The van der Waals surface area contributed by atoms with Gasteiger partial charge >= 0.3 is 0 Å². The quantitative estimate of drug-likeness (QED) is 0.451. The van der Waals surface area contributed by atoms with E-state index >= 15 is 0 Å². The summed E-state index contributed by atoms with van der Waals surface area (Å²) in [5.41, 5.74) is 0. The highest BCUT2D eigenvalue weighted by molar-refractivity contribution is 4.79. The third-order valence-electron chi connectivity index (χ3n) is 0.407. The van der Waals surface area contributed by atoms with Gasteiger partial charge in [0.05, 0.1) is 0 Å². The summed E-state index contributed by atoms with van der Waals surface area (Å²) in [5.74, 6) is 0.426. The number of hydrogen-bond donors (Lipinski definition) is 0. The fourth-order valence-electron chi connectivity index (χ4n) is 0.192. The molecule has 1 aromatic rings. The molecule has 1 aromatic heterocycles. The summed E-state index contributed by atoms with van der Waals surface area (Å²) < 4.78 is 4.29. The average Bonchev–Trinajstić information content (AvgIpc) is 1.86. The molecular weight excluding hydrogens is 80.0 g/mol. The van der Waals surface area contributed by atoms with E-state index in [1.807, 2.05) is 0 Å². The Bertz CT molecular complexity index is 112. The van der Waals surface area contributed by atoms with Crippen LogP contribution in [0.15, 0.2) is 10.9 Å². The first-order valence-corrected chi connectivity index (χ1v) is 1.48. The van der Waals surface area contributed by atoms with Crippen LogP contribution in [-0.4, -0.2) is 10.1 Å². The van der Waals surface area contributed by atoms with Crippen molar-refractivity contribution in [2.24, 2.45) is 0 Å². The van der Waals surface area contributed by atoms with Crippen LogP contribution in [0, 0.1) is 6.92 Å². The molecule has 31 valence electrons. The molecule has 0 aliphatic rings. The van der Waals surface area contributed by atoms with Crippen LogP contribution in [0.3, 0.4) is 0 Å². The highest BCUT2D eigenvalue weighted by Crippen LogP contribution is 1.78. The highest BCUT2D eigenvalue weighted by Gasteiger charge is 1.79. The molecule has 0 saturated carbocycles. The van der Waals surface area contributed by atoms with E-state index in [2.05, 4.69) is 21.6 Å². The third kappa shape index (κ3) is 0.381. The molecule has 1 radical (unpaired) electrons. The first-order chi connectivity index (χ1) is 2.89. The van der Waals surface area contributed by atoms with Gasteiger partial charge in [0.2, 0.25) is 6.39 Å². The molecule has 3 nitrogen and oxygen atoms in total. The van der Waals surface area contributed by atoms with Gasteiger partial charge in [-0.05, 0) is 0 Å². The molecule has 0 unspecified atom stereocenters. The van der Waals surface area contributed by atoms with E-state index in [1.165, 1.54) is 6.39 Å². The minimum absolute atomic E-state index is 0.426. The summed E-state index contributed by atoms with van der Waals surface area (Å²) in [6.07, 6.45) is 1.24. The van der Waals surface area contributed by atoms with E-state index in [4.69, 9.17) is 0 Å². The van der Waals surface area contributed by atoms with Gasteiger partial charge in [0.1, 0.15) is 0 Å². The van der Waals surface area contributed by atoms with Gasteiger partial charge in [0.15, 0.2) is 5.82 Å². The van der Waals surface area contributed by atoms with Crippen molar-refractivity contribution in [1.29, 1.82) is 0 Å². The van der Waals surface area contributed by atoms with Crippen molar-refractivity contribution in [2.45, 2.75) is 0 Å². The van der Waals surface area contributed by atoms with Crippen molar-refractivity contribution in [3.63, 3.8) is 0 Å². The molecule has 0 atom stereocenters. The van der Waals surface area contributed by atoms with Crippen LogP contribution in [0.2, 0.25) is 0 Å². The zero-order valence-electron chi connectivity index (χ0n) is 3.09. The fraction of sp³-hybridized carbons (Fsp3) is 0. The Hall–Kier alpha value is -0.860. The number of aromatic nitrogens is 2. The molecule has 0 aliphatic heterocycles. The largest absolute Gasteiger partial charge is 0.343 e. The highest BCUT2D eigenvalue weighted by atomic mass is 16.5. The van der Waals surface area contributed by atoms with E-state index in [9.17, 15) is 0 Å². The topological polar surface area (TPSA) is 38.9 Å². The molecular formula is C3H3N2O. The van der Waals surface area contributed by atoms with Crippen LogP contribution < -0.4 is 0 Å². The van der Waals surface area contributed by atoms with Crippen LogP contribution in [0.5, 0.6) is 0 Å². The molecule has 0 aliphatic carbocycles. The van der Waals surface area contributed by atoms with Gasteiger partial charge < -0.3 is 4.52 Å². The standard InChI is InChI=1S/C3H3N2O/c1-3-4-2-6-5-3/h2H,1H2. The molecule has 0 bridgehead atoms. The summed E-state index contributed by atoms with van der Waals surface area (Å²) in [6, 6.07) is 0. The lowest BCUT2D eigenvalue weighted by atomic mass is 10.8. The minimum atomic E-state index is 0.426. The molecule has 0 saturated heterocycles. The van der Waals surface area contributed by atoms with Crippen molar-refractivity contribution < 1.29 is 4.52 Å². The van der Waals surface area contributed by atoms with Crippen molar-refractivity contribution in [2.75, 3.05) is 0 Å². The normalized spacial score (nSPS) is 8.83. The van der Waals surface area contributed by atoms with E-state index in [1.54, 1.807) is 0 Å². The van der Waals surface area contributed by atoms with Crippen LogP contribution >= 0.6 is 0 Å². The van der Waals surface area contributed by atoms with E-state index in [0.717, 1.165) is 0 Å². The number of rotatable bonds is 0. The molecule has 0 aromatic carbocycles. The lowest BCUT2D eigenvalue weighted by Gasteiger charge is -1.59. The molecule has 1 rings (SSSR count). The van der Waals surface area contributed by atoms with Gasteiger partial charge in [-0.2, -0.15) is 4.98 Å². The Balaban J connectivity index is 3.05. The SMILES string of the molecule is [CH2]c1ncon1. The smallest absolute Gasteiger partial charge is 0.213 e. The fourth-order valence-corrected chi connectivity index (χ4v) is 0.192. The van der Waals surface area contributed by atoms with E-state index < -0.39 is 0 Å². The maximum absolute atomic E-state index is 4.29. The van der Waals surface area contributed by atoms with Crippen LogP contribution in [0.4, 0.5) is 0 Å². The lowest BCUT2D eigenvalue weighted by Crippen LogP contribution is -1.66. The van der Waals surface area contributed by atoms with Gasteiger partial charge in [-0.15, -0.1) is 0 Å². The maximum Gasteiger partial charge on any atom is 0.213 e. The van der Waals surface area contributed by atoms with Gasteiger partial charge in [-0.25, -0.2) is 0 Å². The molecule has 1 heterocycles. The molecule has 0 fully saturated rings. The summed E-state index contributed by atoms with van der Waals surface area (Å²) in [6.45, 7) is 3.36. The Morgan fingerprint density at radius 2 is 2.67 bits per heavy atom. The van der Waals surface area contributed by atoms with Gasteiger partial charge in [0.25, 0.3) is 0 Å².